The van der Waals surface area contributed by atoms with Gasteiger partial charge in [0.2, 0.25) is 5.91 Å². The fraction of sp³-hybridized carbons (Fsp3) is 0.391. The molecule has 0 aromatic heterocycles. The van der Waals surface area contributed by atoms with Crippen molar-refractivity contribution < 1.29 is 9.53 Å². The predicted molar refractivity (Wildman–Crippen MR) is 128 cm³/mol. The number of piperazine rings is 1. The van der Waals surface area contributed by atoms with Crippen LogP contribution in [0.25, 0.3) is 0 Å². The van der Waals surface area contributed by atoms with Crippen molar-refractivity contribution in [2.45, 2.75) is 13.3 Å². The molecule has 0 atom stereocenters. The maximum Gasteiger partial charge on any atom is 0.226 e. The summed E-state index contributed by atoms with van der Waals surface area (Å²) >= 11 is 6.19. The summed E-state index contributed by atoms with van der Waals surface area (Å²) in [6.07, 6.45) is 0.326. The summed E-state index contributed by atoms with van der Waals surface area (Å²) in [7, 11) is 3.45. The van der Waals surface area contributed by atoms with Gasteiger partial charge in [0, 0.05) is 57.9 Å². The molecule has 1 aliphatic heterocycles. The summed E-state index contributed by atoms with van der Waals surface area (Å²) in [5.41, 5.74) is 2.85. The number of rotatable bonds is 6. The number of guanidine groups is 1. The van der Waals surface area contributed by atoms with Crippen molar-refractivity contribution in [3.63, 3.8) is 0 Å². The molecule has 0 aliphatic carbocycles. The molecule has 0 radical (unpaired) electrons. The Bertz CT molecular complexity index is 926. The molecule has 1 amide bonds. The van der Waals surface area contributed by atoms with Crippen molar-refractivity contribution >= 4 is 34.8 Å². The van der Waals surface area contributed by atoms with E-state index in [9.17, 15) is 4.79 Å². The Labute approximate surface area is 189 Å². The standard InChI is InChI=1S/C23H30ClN5O2/c1-17-7-8-21(20(24)15-17)27-22(30)9-10-26-23(25-2)29-13-11-28(12-14-29)18-5-4-6-19(16-18)31-3/h4-8,15-16H,9-14H2,1-3H3,(H,25,26)(H,27,30). The topological polar surface area (TPSA) is 69.2 Å². The molecule has 1 aliphatic rings. The number of amides is 1. The summed E-state index contributed by atoms with van der Waals surface area (Å²) in [5, 5.41) is 6.70. The second-order valence-electron chi connectivity index (χ2n) is 7.43. The number of hydrogen-bond donors (Lipinski definition) is 2. The molecule has 1 heterocycles. The van der Waals surface area contributed by atoms with Gasteiger partial charge in [-0.3, -0.25) is 9.79 Å². The lowest BCUT2D eigenvalue weighted by atomic mass is 10.2. The van der Waals surface area contributed by atoms with Gasteiger partial charge in [-0.25, -0.2) is 0 Å². The van der Waals surface area contributed by atoms with E-state index in [1.807, 2.05) is 37.3 Å². The van der Waals surface area contributed by atoms with E-state index < -0.39 is 0 Å². The van der Waals surface area contributed by atoms with Gasteiger partial charge < -0.3 is 25.2 Å². The number of aliphatic imine (C=N–C) groups is 1. The Morgan fingerprint density at radius 1 is 1.16 bits per heavy atom. The van der Waals surface area contributed by atoms with Crippen molar-refractivity contribution in [2.24, 2.45) is 4.99 Å². The van der Waals surface area contributed by atoms with Crippen LogP contribution in [0.4, 0.5) is 11.4 Å². The number of halogens is 1. The molecule has 166 valence electrons. The summed E-state index contributed by atoms with van der Waals surface area (Å²) in [6, 6.07) is 13.7. The third-order valence-electron chi connectivity index (χ3n) is 5.24. The molecule has 2 N–H and O–H groups in total. The van der Waals surface area contributed by atoms with Gasteiger partial charge in [-0.2, -0.15) is 0 Å². The molecule has 7 nitrogen and oxygen atoms in total. The van der Waals surface area contributed by atoms with Crippen LogP contribution in [0.2, 0.25) is 5.02 Å². The van der Waals surface area contributed by atoms with Crippen LogP contribution in [-0.2, 0) is 4.79 Å². The fourth-order valence-electron chi connectivity index (χ4n) is 3.54. The number of carbonyl (C=O) groups is 1. The van der Waals surface area contributed by atoms with Crippen LogP contribution in [-0.4, -0.2) is 63.6 Å². The maximum atomic E-state index is 12.3. The quantitative estimate of drug-likeness (QED) is 0.529. The number of ether oxygens (including phenoxy) is 1. The second-order valence-corrected chi connectivity index (χ2v) is 7.84. The molecule has 1 saturated heterocycles. The first-order valence-electron chi connectivity index (χ1n) is 10.4. The third kappa shape index (κ3) is 6.28. The van der Waals surface area contributed by atoms with Gasteiger partial charge in [0.1, 0.15) is 5.75 Å². The van der Waals surface area contributed by atoms with E-state index in [2.05, 4.69) is 37.6 Å². The van der Waals surface area contributed by atoms with Crippen LogP contribution in [0.3, 0.4) is 0 Å². The summed E-state index contributed by atoms with van der Waals surface area (Å²) in [5.74, 6) is 1.59. The van der Waals surface area contributed by atoms with Crippen molar-refractivity contribution in [1.82, 2.24) is 10.2 Å². The van der Waals surface area contributed by atoms with Crippen LogP contribution in [0.5, 0.6) is 5.75 Å². The van der Waals surface area contributed by atoms with E-state index in [-0.39, 0.29) is 5.91 Å². The van der Waals surface area contributed by atoms with Gasteiger partial charge in [0.25, 0.3) is 0 Å². The second kappa shape index (κ2) is 10.9. The highest BCUT2D eigenvalue weighted by molar-refractivity contribution is 6.33. The van der Waals surface area contributed by atoms with Crippen LogP contribution in [0.1, 0.15) is 12.0 Å². The van der Waals surface area contributed by atoms with E-state index in [1.165, 1.54) is 0 Å². The zero-order valence-electron chi connectivity index (χ0n) is 18.3. The van der Waals surface area contributed by atoms with Gasteiger partial charge in [-0.1, -0.05) is 23.7 Å². The normalized spacial score (nSPS) is 14.4. The molecule has 2 aromatic rings. The zero-order valence-corrected chi connectivity index (χ0v) is 19.1. The van der Waals surface area contributed by atoms with E-state index in [0.717, 1.165) is 49.1 Å². The Kier molecular flexibility index (Phi) is 8.00. The Balaban J connectivity index is 1.44. The molecular weight excluding hydrogens is 414 g/mol. The molecule has 31 heavy (non-hydrogen) atoms. The van der Waals surface area contributed by atoms with Gasteiger partial charge >= 0.3 is 0 Å². The van der Waals surface area contributed by atoms with E-state index >= 15 is 0 Å². The number of anilines is 2. The smallest absolute Gasteiger partial charge is 0.226 e. The largest absolute Gasteiger partial charge is 0.497 e. The van der Waals surface area contributed by atoms with Crippen molar-refractivity contribution in [1.29, 1.82) is 0 Å². The molecule has 0 saturated carbocycles. The minimum atomic E-state index is -0.0865. The number of methoxy groups -OCH3 is 1. The Morgan fingerprint density at radius 3 is 2.61 bits per heavy atom. The first kappa shape index (κ1) is 22.7. The SMILES string of the molecule is CN=C(NCCC(=O)Nc1ccc(C)cc1Cl)N1CCN(c2cccc(OC)c2)CC1. The first-order valence-corrected chi connectivity index (χ1v) is 10.8. The van der Waals surface area contributed by atoms with Gasteiger partial charge in [0.15, 0.2) is 5.96 Å². The lowest BCUT2D eigenvalue weighted by molar-refractivity contribution is -0.116. The zero-order chi connectivity index (χ0) is 22.2. The maximum absolute atomic E-state index is 12.3. The monoisotopic (exact) mass is 443 g/mol. The summed E-state index contributed by atoms with van der Waals surface area (Å²) in [4.78, 5) is 21.2. The summed E-state index contributed by atoms with van der Waals surface area (Å²) < 4.78 is 5.33. The van der Waals surface area contributed by atoms with Crippen LogP contribution < -0.4 is 20.3 Å². The van der Waals surface area contributed by atoms with E-state index in [1.54, 1.807) is 14.2 Å². The Hall–Kier alpha value is -2.93. The van der Waals surface area contributed by atoms with E-state index in [4.69, 9.17) is 16.3 Å². The highest BCUT2D eigenvalue weighted by Gasteiger charge is 2.20. The average Bonchev–Trinajstić information content (AvgIpc) is 2.79. The minimum absolute atomic E-state index is 0.0865. The lowest BCUT2D eigenvalue weighted by Crippen LogP contribution is -2.52. The van der Waals surface area contributed by atoms with Gasteiger partial charge in [0.05, 0.1) is 17.8 Å². The number of carbonyl (C=O) groups excluding carboxylic acids is 1. The van der Waals surface area contributed by atoms with Crippen LogP contribution >= 0.6 is 11.6 Å². The van der Waals surface area contributed by atoms with Crippen LogP contribution in [0, 0.1) is 6.92 Å². The lowest BCUT2D eigenvalue weighted by Gasteiger charge is -2.37. The van der Waals surface area contributed by atoms with Crippen molar-refractivity contribution in [3.05, 3.63) is 53.1 Å². The average molecular weight is 444 g/mol. The first-order chi connectivity index (χ1) is 15.0. The fourth-order valence-corrected chi connectivity index (χ4v) is 3.82. The molecule has 0 unspecified atom stereocenters. The summed E-state index contributed by atoms with van der Waals surface area (Å²) in [6.45, 7) is 5.94. The molecule has 1 fully saturated rings. The van der Waals surface area contributed by atoms with Gasteiger partial charge in [-0.05, 0) is 36.8 Å². The van der Waals surface area contributed by atoms with Crippen molar-refractivity contribution in [3.8, 4) is 5.75 Å². The molecule has 0 spiro atoms. The molecule has 3 rings (SSSR count). The highest BCUT2D eigenvalue weighted by Crippen LogP contribution is 2.23. The molecule has 0 bridgehead atoms. The molecule has 8 heteroatoms. The van der Waals surface area contributed by atoms with E-state index in [0.29, 0.717) is 23.7 Å². The third-order valence-corrected chi connectivity index (χ3v) is 5.56. The molecular formula is C23H30ClN5O2. The van der Waals surface area contributed by atoms with Gasteiger partial charge in [-0.15, -0.1) is 0 Å². The Morgan fingerprint density at radius 2 is 1.94 bits per heavy atom. The number of aryl methyl sites for hydroxylation is 1. The van der Waals surface area contributed by atoms with Crippen molar-refractivity contribution in [2.75, 3.05) is 57.1 Å². The predicted octanol–water partition coefficient (Wildman–Crippen LogP) is 3.38. The number of hydrogen-bond acceptors (Lipinski definition) is 4. The molecule has 2 aromatic carbocycles. The number of nitrogens with one attached hydrogen (secondary N) is 2. The highest BCUT2D eigenvalue weighted by atomic mass is 35.5. The minimum Gasteiger partial charge on any atom is -0.497 e. The van der Waals surface area contributed by atoms with Crippen LogP contribution in [0.15, 0.2) is 47.5 Å². The number of benzene rings is 2. The number of nitrogens with zero attached hydrogens (tertiary/aromatic N) is 3.